The van der Waals surface area contributed by atoms with Crippen molar-refractivity contribution in [3.05, 3.63) is 22.9 Å². The smallest absolute Gasteiger partial charge is 0.236 e. The third-order valence-electron chi connectivity index (χ3n) is 2.67. The van der Waals surface area contributed by atoms with Gasteiger partial charge in [0.25, 0.3) is 0 Å². The molecule has 2 N–H and O–H groups in total. The Hall–Kier alpha value is -2.09. The second-order valence-corrected chi connectivity index (χ2v) is 5.13. The van der Waals surface area contributed by atoms with E-state index in [4.69, 9.17) is 5.73 Å². The highest BCUT2D eigenvalue weighted by molar-refractivity contribution is 5.80. The highest BCUT2D eigenvalue weighted by Gasteiger charge is 2.18. The molecule has 0 atom stereocenters. The number of aromatic nitrogens is 1. The van der Waals surface area contributed by atoms with Crippen LogP contribution < -0.4 is 10.6 Å². The Labute approximate surface area is 114 Å². The molecule has 1 aromatic rings. The van der Waals surface area contributed by atoms with Gasteiger partial charge in [-0.05, 0) is 31.4 Å². The van der Waals surface area contributed by atoms with Crippen molar-refractivity contribution < 1.29 is 4.79 Å². The SMILES string of the molecule is Cc1cc(C)c(C#N)c(N(CC(N)=O)CC(C)C)n1. The molecular formula is C14H20N4O. The number of pyridine rings is 1. The van der Waals surface area contributed by atoms with Crippen molar-refractivity contribution in [1.29, 1.82) is 5.26 Å². The zero-order valence-electron chi connectivity index (χ0n) is 11.9. The van der Waals surface area contributed by atoms with Crippen LogP contribution in [0.15, 0.2) is 6.07 Å². The summed E-state index contributed by atoms with van der Waals surface area (Å²) in [6.07, 6.45) is 0. The highest BCUT2D eigenvalue weighted by Crippen LogP contribution is 2.22. The van der Waals surface area contributed by atoms with E-state index in [2.05, 4.69) is 11.1 Å². The zero-order valence-corrected chi connectivity index (χ0v) is 11.9. The molecule has 1 aromatic heterocycles. The summed E-state index contributed by atoms with van der Waals surface area (Å²) in [7, 11) is 0. The first kappa shape index (κ1) is 15.0. The van der Waals surface area contributed by atoms with E-state index in [-0.39, 0.29) is 6.54 Å². The third-order valence-corrected chi connectivity index (χ3v) is 2.67. The number of nitrogens with two attached hydrogens (primary N) is 1. The fourth-order valence-corrected chi connectivity index (χ4v) is 2.04. The fraction of sp³-hybridized carbons (Fsp3) is 0.500. The van der Waals surface area contributed by atoms with E-state index >= 15 is 0 Å². The predicted molar refractivity (Wildman–Crippen MR) is 74.7 cm³/mol. The third kappa shape index (κ3) is 3.95. The van der Waals surface area contributed by atoms with E-state index in [0.29, 0.717) is 23.8 Å². The van der Waals surface area contributed by atoms with Crippen LogP contribution in [0.3, 0.4) is 0 Å². The minimum atomic E-state index is -0.425. The molecule has 5 heteroatoms. The predicted octanol–water partition coefficient (Wildman–Crippen LogP) is 1.52. The number of primary amides is 1. The number of carbonyl (C=O) groups is 1. The monoisotopic (exact) mass is 260 g/mol. The van der Waals surface area contributed by atoms with Gasteiger partial charge < -0.3 is 10.6 Å². The Balaban J connectivity index is 3.28. The summed E-state index contributed by atoms with van der Waals surface area (Å²) in [5.74, 6) is 0.464. The second-order valence-electron chi connectivity index (χ2n) is 5.13. The van der Waals surface area contributed by atoms with Crippen molar-refractivity contribution in [1.82, 2.24) is 4.98 Å². The number of aryl methyl sites for hydroxylation is 2. The zero-order chi connectivity index (χ0) is 14.6. The summed E-state index contributed by atoms with van der Waals surface area (Å²) in [5, 5.41) is 9.27. The number of nitriles is 1. The normalized spacial score (nSPS) is 10.3. The Morgan fingerprint density at radius 1 is 1.53 bits per heavy atom. The Kier molecular flexibility index (Phi) is 4.87. The van der Waals surface area contributed by atoms with Gasteiger partial charge in [-0.1, -0.05) is 13.8 Å². The second kappa shape index (κ2) is 6.19. The molecule has 0 aliphatic carbocycles. The lowest BCUT2D eigenvalue weighted by Gasteiger charge is -2.26. The summed E-state index contributed by atoms with van der Waals surface area (Å²) >= 11 is 0. The van der Waals surface area contributed by atoms with E-state index in [1.165, 1.54) is 0 Å². The van der Waals surface area contributed by atoms with Crippen molar-refractivity contribution in [2.45, 2.75) is 27.7 Å². The minimum Gasteiger partial charge on any atom is -0.368 e. The topological polar surface area (TPSA) is 83.0 Å². The number of carbonyl (C=O) groups excluding carboxylic acids is 1. The molecule has 0 aliphatic rings. The van der Waals surface area contributed by atoms with Crippen LogP contribution in [-0.4, -0.2) is 24.0 Å². The molecule has 0 fully saturated rings. The molecule has 0 saturated heterocycles. The molecule has 1 rings (SSSR count). The maximum Gasteiger partial charge on any atom is 0.236 e. The summed E-state index contributed by atoms with van der Waals surface area (Å²) in [5.41, 5.74) is 7.48. The van der Waals surface area contributed by atoms with Gasteiger partial charge in [-0.2, -0.15) is 5.26 Å². The fourth-order valence-electron chi connectivity index (χ4n) is 2.04. The van der Waals surface area contributed by atoms with E-state index < -0.39 is 5.91 Å². The quantitative estimate of drug-likeness (QED) is 0.870. The van der Waals surface area contributed by atoms with Crippen molar-refractivity contribution in [3.8, 4) is 6.07 Å². The molecular weight excluding hydrogens is 240 g/mol. The number of amides is 1. The molecule has 0 aliphatic heterocycles. The number of rotatable bonds is 5. The number of anilines is 1. The lowest BCUT2D eigenvalue weighted by Crippen LogP contribution is -2.37. The Bertz CT molecular complexity index is 517. The summed E-state index contributed by atoms with van der Waals surface area (Å²) in [6, 6.07) is 4.02. The molecule has 1 amide bonds. The average Bonchev–Trinajstić information content (AvgIpc) is 2.25. The van der Waals surface area contributed by atoms with Gasteiger partial charge in [-0.3, -0.25) is 4.79 Å². The molecule has 0 spiro atoms. The highest BCUT2D eigenvalue weighted by atomic mass is 16.1. The lowest BCUT2D eigenvalue weighted by atomic mass is 10.1. The van der Waals surface area contributed by atoms with Crippen LogP contribution in [0.2, 0.25) is 0 Å². The van der Waals surface area contributed by atoms with Gasteiger partial charge in [0.05, 0.1) is 12.1 Å². The van der Waals surface area contributed by atoms with Gasteiger partial charge in [0.2, 0.25) is 5.91 Å². The van der Waals surface area contributed by atoms with Crippen molar-refractivity contribution in [2.24, 2.45) is 11.7 Å². The summed E-state index contributed by atoms with van der Waals surface area (Å²) < 4.78 is 0. The Morgan fingerprint density at radius 2 is 2.16 bits per heavy atom. The molecule has 19 heavy (non-hydrogen) atoms. The van der Waals surface area contributed by atoms with Crippen molar-refractivity contribution in [2.75, 3.05) is 18.0 Å². The van der Waals surface area contributed by atoms with Crippen LogP contribution in [-0.2, 0) is 4.79 Å². The van der Waals surface area contributed by atoms with Gasteiger partial charge in [-0.15, -0.1) is 0 Å². The molecule has 0 radical (unpaired) electrons. The van der Waals surface area contributed by atoms with Crippen LogP contribution in [0.25, 0.3) is 0 Å². The van der Waals surface area contributed by atoms with Crippen molar-refractivity contribution in [3.63, 3.8) is 0 Å². The number of hydrogen-bond donors (Lipinski definition) is 1. The summed E-state index contributed by atoms with van der Waals surface area (Å²) in [4.78, 5) is 17.4. The van der Waals surface area contributed by atoms with E-state index in [0.717, 1.165) is 11.3 Å². The first-order valence-corrected chi connectivity index (χ1v) is 6.26. The molecule has 5 nitrogen and oxygen atoms in total. The number of nitrogens with zero attached hydrogens (tertiary/aromatic N) is 3. The maximum atomic E-state index is 11.2. The maximum absolute atomic E-state index is 11.2. The van der Waals surface area contributed by atoms with E-state index in [9.17, 15) is 10.1 Å². The van der Waals surface area contributed by atoms with E-state index in [1.807, 2.05) is 33.8 Å². The Morgan fingerprint density at radius 3 is 2.63 bits per heavy atom. The molecule has 0 bridgehead atoms. The van der Waals surface area contributed by atoms with Crippen LogP contribution in [0.1, 0.15) is 30.7 Å². The molecule has 0 unspecified atom stereocenters. The first-order valence-electron chi connectivity index (χ1n) is 6.26. The van der Waals surface area contributed by atoms with Crippen molar-refractivity contribution >= 4 is 11.7 Å². The van der Waals surface area contributed by atoms with E-state index in [1.54, 1.807) is 4.90 Å². The molecule has 1 heterocycles. The molecule has 102 valence electrons. The van der Waals surface area contributed by atoms with Gasteiger partial charge in [0.1, 0.15) is 11.9 Å². The largest absolute Gasteiger partial charge is 0.368 e. The van der Waals surface area contributed by atoms with Gasteiger partial charge in [-0.25, -0.2) is 4.98 Å². The average molecular weight is 260 g/mol. The molecule has 0 aromatic carbocycles. The number of hydrogen-bond acceptors (Lipinski definition) is 4. The van der Waals surface area contributed by atoms with Gasteiger partial charge >= 0.3 is 0 Å². The molecule has 0 saturated carbocycles. The minimum absolute atomic E-state index is 0.0722. The standard InChI is InChI=1S/C14H20N4O/c1-9(2)7-18(8-13(16)19)14-12(6-15)10(3)5-11(4)17-14/h5,9H,7-8H2,1-4H3,(H2,16,19). The van der Waals surface area contributed by atoms with Crippen LogP contribution in [0.5, 0.6) is 0 Å². The lowest BCUT2D eigenvalue weighted by molar-refractivity contribution is -0.116. The van der Waals surface area contributed by atoms with Gasteiger partial charge in [0, 0.05) is 12.2 Å². The van der Waals surface area contributed by atoms with Crippen LogP contribution in [0.4, 0.5) is 5.82 Å². The first-order chi connectivity index (χ1) is 8.85. The van der Waals surface area contributed by atoms with Crippen LogP contribution >= 0.6 is 0 Å². The van der Waals surface area contributed by atoms with Gasteiger partial charge in [0.15, 0.2) is 0 Å². The summed E-state index contributed by atoms with van der Waals surface area (Å²) in [6.45, 7) is 8.53. The van der Waals surface area contributed by atoms with Crippen LogP contribution in [0, 0.1) is 31.1 Å².